The van der Waals surface area contributed by atoms with E-state index in [9.17, 15) is 20.4 Å². The van der Waals surface area contributed by atoms with Gasteiger partial charge in [-0.05, 0) is 38.2 Å². The van der Waals surface area contributed by atoms with E-state index in [1.807, 2.05) is 6.07 Å². The Bertz CT molecular complexity index is 729. The number of aliphatic hydroxyl groups is 1. The third kappa shape index (κ3) is 3.64. The number of carboxylic acids is 1. The van der Waals surface area contributed by atoms with Crippen LogP contribution in [0, 0.1) is 22.7 Å². The maximum Gasteiger partial charge on any atom is 0.337 e. The molecule has 1 atom stereocenters. The lowest BCUT2D eigenvalue weighted by Gasteiger charge is -2.21. The van der Waals surface area contributed by atoms with Gasteiger partial charge in [0.1, 0.15) is 23.5 Å². The highest BCUT2D eigenvalue weighted by molar-refractivity contribution is 5.77. The van der Waals surface area contributed by atoms with Crippen LogP contribution in [0.15, 0.2) is 0 Å². The van der Waals surface area contributed by atoms with E-state index >= 15 is 0 Å². The number of nitrogens with one attached hydrogen (secondary N) is 1. The van der Waals surface area contributed by atoms with E-state index < -0.39 is 11.6 Å². The Morgan fingerprint density at radius 2 is 1.83 bits per heavy atom. The molecule has 0 fully saturated rings. The molecule has 24 heavy (non-hydrogen) atoms. The van der Waals surface area contributed by atoms with Crippen LogP contribution in [-0.2, 0) is 17.6 Å². The van der Waals surface area contributed by atoms with Gasteiger partial charge in [-0.3, -0.25) is 0 Å². The first kappa shape index (κ1) is 17.7. The molecule has 1 heterocycles. The molecule has 0 amide bonds. The summed E-state index contributed by atoms with van der Waals surface area (Å²) >= 11 is 0. The number of fused-ring (bicyclic) bond motifs is 1. The van der Waals surface area contributed by atoms with Crippen LogP contribution in [0.3, 0.4) is 0 Å². The minimum Gasteiger partial charge on any atom is -0.479 e. The number of pyridine rings is 1. The lowest BCUT2D eigenvalue weighted by molar-refractivity contribution is -0.155. The highest BCUT2D eigenvalue weighted by Gasteiger charge is 2.30. The summed E-state index contributed by atoms with van der Waals surface area (Å²) in [5.74, 6) is -1.21. The van der Waals surface area contributed by atoms with Crippen molar-refractivity contribution < 1.29 is 15.0 Å². The summed E-state index contributed by atoms with van der Waals surface area (Å²) < 4.78 is 0. The molecule has 0 spiro atoms. The predicted molar refractivity (Wildman–Crippen MR) is 86.3 cm³/mol. The Morgan fingerprint density at radius 1 is 1.21 bits per heavy atom. The largest absolute Gasteiger partial charge is 0.479 e. The first-order chi connectivity index (χ1) is 11.4. The molecule has 0 bridgehead atoms. The van der Waals surface area contributed by atoms with Crippen LogP contribution in [0.2, 0.25) is 0 Å². The smallest absolute Gasteiger partial charge is 0.337 e. The average Bonchev–Trinajstić information content (AvgIpc) is 2.52. The van der Waals surface area contributed by atoms with Gasteiger partial charge >= 0.3 is 5.97 Å². The van der Waals surface area contributed by atoms with Crippen LogP contribution in [0.1, 0.15) is 55.0 Å². The summed E-state index contributed by atoms with van der Waals surface area (Å²) in [7, 11) is 0. The summed E-state index contributed by atoms with van der Waals surface area (Å²) in [6.07, 6.45) is 5.54. The second kappa shape index (κ2) is 7.29. The van der Waals surface area contributed by atoms with E-state index in [4.69, 9.17) is 5.11 Å². The monoisotopic (exact) mass is 328 g/mol. The average molecular weight is 328 g/mol. The molecule has 1 aliphatic carbocycles. The van der Waals surface area contributed by atoms with E-state index in [-0.39, 0.29) is 17.9 Å². The van der Waals surface area contributed by atoms with Gasteiger partial charge in [0.25, 0.3) is 0 Å². The zero-order valence-corrected chi connectivity index (χ0v) is 13.6. The number of nitrogens with zero attached hydrogens (tertiary/aromatic N) is 3. The SMILES string of the molecule is CC(O)(CNc1nc2c(c(C#N)c1C#N)CCCCCC2)C(=O)O. The molecule has 0 radical (unpaired) electrons. The third-order valence-corrected chi connectivity index (χ3v) is 4.26. The van der Waals surface area contributed by atoms with Gasteiger partial charge in [-0.2, -0.15) is 10.5 Å². The Balaban J connectivity index is 2.45. The number of carbonyl (C=O) groups is 1. The van der Waals surface area contributed by atoms with Gasteiger partial charge in [-0.25, -0.2) is 9.78 Å². The number of rotatable bonds is 4. The van der Waals surface area contributed by atoms with Gasteiger partial charge in [0.15, 0.2) is 5.60 Å². The maximum atomic E-state index is 11.0. The second-order valence-corrected chi connectivity index (χ2v) is 6.21. The van der Waals surface area contributed by atoms with Gasteiger partial charge in [0.05, 0.1) is 12.1 Å². The fourth-order valence-electron chi connectivity index (χ4n) is 2.79. The molecule has 126 valence electrons. The van der Waals surface area contributed by atoms with E-state index in [1.165, 1.54) is 0 Å². The minimum atomic E-state index is -1.99. The van der Waals surface area contributed by atoms with Crippen LogP contribution in [0.5, 0.6) is 0 Å². The molecule has 7 heteroatoms. The molecule has 1 aliphatic rings. The van der Waals surface area contributed by atoms with E-state index in [1.54, 1.807) is 0 Å². The van der Waals surface area contributed by atoms with E-state index in [0.29, 0.717) is 12.0 Å². The number of hydrogen-bond acceptors (Lipinski definition) is 6. The summed E-state index contributed by atoms with van der Waals surface area (Å²) in [5.41, 5.74) is 0.0257. The fraction of sp³-hybridized carbons (Fsp3) is 0.529. The number of aliphatic carboxylic acids is 1. The van der Waals surface area contributed by atoms with Gasteiger partial charge in [-0.1, -0.05) is 12.8 Å². The first-order valence-corrected chi connectivity index (χ1v) is 7.96. The Hall–Kier alpha value is -2.64. The zero-order chi connectivity index (χ0) is 17.7. The van der Waals surface area contributed by atoms with Crippen molar-refractivity contribution in [1.82, 2.24) is 4.98 Å². The van der Waals surface area contributed by atoms with Crippen LogP contribution < -0.4 is 5.32 Å². The van der Waals surface area contributed by atoms with Crippen molar-refractivity contribution in [2.24, 2.45) is 0 Å². The molecule has 0 aliphatic heterocycles. The Labute approximate surface area is 140 Å². The second-order valence-electron chi connectivity index (χ2n) is 6.21. The Morgan fingerprint density at radius 3 is 2.42 bits per heavy atom. The van der Waals surface area contributed by atoms with E-state index in [2.05, 4.69) is 16.4 Å². The molecule has 3 N–H and O–H groups in total. The predicted octanol–water partition coefficient (Wildman–Crippen LogP) is 1.73. The molecule has 1 aromatic heterocycles. The lowest BCUT2D eigenvalue weighted by atomic mass is 9.91. The zero-order valence-electron chi connectivity index (χ0n) is 13.6. The fourth-order valence-corrected chi connectivity index (χ4v) is 2.79. The van der Waals surface area contributed by atoms with Gasteiger partial charge in [-0.15, -0.1) is 0 Å². The van der Waals surface area contributed by atoms with Crippen molar-refractivity contribution in [3.05, 3.63) is 22.4 Å². The van der Waals surface area contributed by atoms with Crippen molar-refractivity contribution in [3.63, 3.8) is 0 Å². The summed E-state index contributed by atoms with van der Waals surface area (Å²) in [5, 5.41) is 40.5. The topological polar surface area (TPSA) is 130 Å². The van der Waals surface area contributed by atoms with Crippen molar-refractivity contribution in [2.75, 3.05) is 11.9 Å². The molecular weight excluding hydrogens is 308 g/mol. The summed E-state index contributed by atoms with van der Waals surface area (Å²) in [6, 6.07) is 4.09. The van der Waals surface area contributed by atoms with Crippen LogP contribution >= 0.6 is 0 Å². The van der Waals surface area contributed by atoms with Crippen LogP contribution in [0.25, 0.3) is 0 Å². The number of aromatic nitrogens is 1. The highest BCUT2D eigenvalue weighted by atomic mass is 16.4. The molecule has 2 rings (SSSR count). The van der Waals surface area contributed by atoms with Crippen molar-refractivity contribution >= 4 is 11.8 Å². The van der Waals surface area contributed by atoms with Gasteiger partial charge in [0, 0.05) is 5.69 Å². The molecule has 0 saturated heterocycles. The van der Waals surface area contributed by atoms with Crippen molar-refractivity contribution in [2.45, 2.75) is 51.0 Å². The first-order valence-electron chi connectivity index (χ1n) is 7.96. The molecule has 1 aromatic rings. The minimum absolute atomic E-state index is 0.109. The number of anilines is 1. The highest BCUT2D eigenvalue weighted by Crippen LogP contribution is 2.28. The molecule has 0 aromatic carbocycles. The standard InChI is InChI=1S/C17H20N4O3/c1-17(24,16(22)23)10-20-15-13(9-19)12(8-18)11-6-4-2-3-5-7-14(11)21-15/h24H,2-7,10H2,1H3,(H,20,21)(H,22,23). The molecular formula is C17H20N4O3. The lowest BCUT2D eigenvalue weighted by Crippen LogP contribution is -2.42. The quantitative estimate of drug-likeness (QED) is 0.767. The van der Waals surface area contributed by atoms with Crippen molar-refractivity contribution in [3.8, 4) is 12.1 Å². The number of carboxylic acid groups (broad SMARTS) is 1. The summed E-state index contributed by atoms with van der Waals surface area (Å²) in [6.45, 7) is 0.848. The van der Waals surface area contributed by atoms with Gasteiger partial charge < -0.3 is 15.5 Å². The van der Waals surface area contributed by atoms with Crippen molar-refractivity contribution in [1.29, 1.82) is 10.5 Å². The van der Waals surface area contributed by atoms with Crippen LogP contribution in [0.4, 0.5) is 5.82 Å². The maximum absolute atomic E-state index is 11.0. The Kier molecular flexibility index (Phi) is 5.38. The number of hydrogen-bond donors (Lipinski definition) is 3. The summed E-state index contributed by atoms with van der Waals surface area (Å²) in [4.78, 5) is 15.5. The third-order valence-electron chi connectivity index (χ3n) is 4.26. The van der Waals surface area contributed by atoms with Gasteiger partial charge in [0.2, 0.25) is 0 Å². The molecule has 0 saturated carbocycles. The molecule has 1 unspecified atom stereocenters. The number of aryl methyl sites for hydroxylation is 1. The number of nitriles is 2. The molecule has 7 nitrogen and oxygen atoms in total. The van der Waals surface area contributed by atoms with E-state index in [0.717, 1.165) is 50.3 Å². The normalized spacial score (nSPS) is 16.5. The van der Waals surface area contributed by atoms with Crippen LogP contribution in [-0.4, -0.2) is 33.3 Å².